The van der Waals surface area contributed by atoms with Gasteiger partial charge in [0.25, 0.3) is 0 Å². The predicted molar refractivity (Wildman–Crippen MR) is 67.1 cm³/mol. The van der Waals surface area contributed by atoms with E-state index < -0.39 is 0 Å². The van der Waals surface area contributed by atoms with Gasteiger partial charge in [-0.15, -0.1) is 0 Å². The Morgan fingerprint density at radius 2 is 1.94 bits per heavy atom. The van der Waals surface area contributed by atoms with E-state index in [9.17, 15) is 10.2 Å². The second-order valence-corrected chi connectivity index (χ2v) is 4.97. The van der Waals surface area contributed by atoms with Crippen LogP contribution in [0, 0.1) is 0 Å². The van der Waals surface area contributed by atoms with Gasteiger partial charge < -0.3 is 19.8 Å². The van der Waals surface area contributed by atoms with Gasteiger partial charge in [0.2, 0.25) is 0 Å². The minimum atomic E-state index is -0.327. The Kier molecular flexibility index (Phi) is 6.99. The second kappa shape index (κ2) is 8.00. The van der Waals surface area contributed by atoms with Gasteiger partial charge in [0, 0.05) is 32.7 Å². The molecule has 1 fully saturated rings. The van der Waals surface area contributed by atoms with Crippen LogP contribution in [0.25, 0.3) is 0 Å². The Labute approximate surface area is 104 Å². The molecule has 0 aromatic heterocycles. The molecule has 5 nitrogen and oxygen atoms in total. The molecule has 0 aromatic rings. The van der Waals surface area contributed by atoms with Crippen molar-refractivity contribution in [1.29, 1.82) is 0 Å². The van der Waals surface area contributed by atoms with Gasteiger partial charge in [-0.25, -0.2) is 0 Å². The average Bonchev–Trinajstić information content (AvgIpc) is 2.27. The van der Waals surface area contributed by atoms with Crippen molar-refractivity contribution in [2.24, 2.45) is 0 Å². The van der Waals surface area contributed by atoms with Gasteiger partial charge in [0.15, 0.2) is 0 Å². The summed E-state index contributed by atoms with van der Waals surface area (Å²) in [5.74, 6) is 0. The number of nitrogens with zero attached hydrogens (tertiary/aromatic N) is 2. The minimum absolute atomic E-state index is 0.270. The largest absolute Gasteiger partial charge is 0.393 e. The number of hydrogen-bond acceptors (Lipinski definition) is 5. The Morgan fingerprint density at radius 1 is 1.29 bits per heavy atom. The molecule has 0 aliphatic carbocycles. The standard InChI is InChI=1S/C12H26N2O3/c1-11(15)3-4-13(2)9-12(16)10-14-5-7-17-8-6-14/h11-12,15-16H,3-10H2,1-2H3. The van der Waals surface area contributed by atoms with Crippen LogP contribution in [0.15, 0.2) is 0 Å². The highest BCUT2D eigenvalue weighted by Crippen LogP contribution is 2.01. The summed E-state index contributed by atoms with van der Waals surface area (Å²) in [6, 6.07) is 0. The smallest absolute Gasteiger partial charge is 0.0793 e. The third kappa shape index (κ3) is 6.95. The molecular formula is C12H26N2O3. The van der Waals surface area contributed by atoms with Crippen LogP contribution in [0.3, 0.4) is 0 Å². The van der Waals surface area contributed by atoms with E-state index in [2.05, 4.69) is 9.80 Å². The van der Waals surface area contributed by atoms with Crippen LogP contribution in [0.2, 0.25) is 0 Å². The molecule has 5 heteroatoms. The van der Waals surface area contributed by atoms with Crippen molar-refractivity contribution in [3.8, 4) is 0 Å². The van der Waals surface area contributed by atoms with Crippen LogP contribution in [0.1, 0.15) is 13.3 Å². The van der Waals surface area contributed by atoms with Crippen molar-refractivity contribution in [3.05, 3.63) is 0 Å². The molecule has 1 rings (SSSR count). The summed E-state index contributed by atoms with van der Waals surface area (Å²) < 4.78 is 5.27. The third-order valence-electron chi connectivity index (χ3n) is 3.02. The highest BCUT2D eigenvalue weighted by Gasteiger charge is 2.16. The Balaban J connectivity index is 2.12. The fourth-order valence-corrected chi connectivity index (χ4v) is 2.00. The van der Waals surface area contributed by atoms with Crippen LogP contribution >= 0.6 is 0 Å². The molecule has 0 spiro atoms. The van der Waals surface area contributed by atoms with Crippen molar-refractivity contribution >= 4 is 0 Å². The maximum Gasteiger partial charge on any atom is 0.0793 e. The molecule has 0 saturated carbocycles. The Morgan fingerprint density at radius 3 is 2.53 bits per heavy atom. The summed E-state index contributed by atoms with van der Waals surface area (Å²) in [6.45, 7) is 7.33. The highest BCUT2D eigenvalue weighted by molar-refractivity contribution is 4.70. The molecule has 0 amide bonds. The summed E-state index contributed by atoms with van der Waals surface area (Å²) >= 11 is 0. The summed E-state index contributed by atoms with van der Waals surface area (Å²) in [5, 5.41) is 19.1. The number of ether oxygens (including phenoxy) is 1. The number of aliphatic hydroxyl groups excluding tert-OH is 2. The van der Waals surface area contributed by atoms with Gasteiger partial charge >= 0.3 is 0 Å². The molecule has 1 aliphatic heterocycles. The fourth-order valence-electron chi connectivity index (χ4n) is 2.00. The van der Waals surface area contributed by atoms with Crippen molar-refractivity contribution in [2.45, 2.75) is 25.6 Å². The van der Waals surface area contributed by atoms with Crippen LogP contribution in [-0.4, -0.2) is 85.2 Å². The molecule has 0 radical (unpaired) electrons. The quantitative estimate of drug-likeness (QED) is 0.627. The molecule has 102 valence electrons. The van der Waals surface area contributed by atoms with Crippen molar-refractivity contribution in [3.63, 3.8) is 0 Å². The van der Waals surface area contributed by atoms with Crippen LogP contribution in [-0.2, 0) is 4.74 Å². The van der Waals surface area contributed by atoms with Gasteiger partial charge in [-0.3, -0.25) is 4.90 Å². The normalized spacial score (nSPS) is 21.7. The summed E-state index contributed by atoms with van der Waals surface area (Å²) in [4.78, 5) is 4.30. The molecule has 1 aliphatic rings. The zero-order chi connectivity index (χ0) is 12.7. The van der Waals surface area contributed by atoms with E-state index in [1.807, 2.05) is 7.05 Å². The molecule has 0 aromatic carbocycles. The second-order valence-electron chi connectivity index (χ2n) is 4.97. The number of β-amino-alcohol motifs (C(OH)–C–C–N with tert-alkyl or cyclic N) is 1. The van der Waals surface area contributed by atoms with Crippen LogP contribution in [0.5, 0.6) is 0 Å². The van der Waals surface area contributed by atoms with Gasteiger partial charge in [-0.2, -0.15) is 0 Å². The van der Waals surface area contributed by atoms with Crippen molar-refractivity contribution in [2.75, 3.05) is 53.0 Å². The van der Waals surface area contributed by atoms with E-state index in [-0.39, 0.29) is 12.2 Å². The number of morpholine rings is 1. The van der Waals surface area contributed by atoms with E-state index in [4.69, 9.17) is 4.74 Å². The Hall–Kier alpha value is -0.200. The van der Waals surface area contributed by atoms with Gasteiger partial charge in [0.1, 0.15) is 0 Å². The maximum absolute atomic E-state index is 9.95. The summed E-state index contributed by atoms with van der Waals surface area (Å²) in [5.41, 5.74) is 0. The van der Waals surface area contributed by atoms with Crippen molar-refractivity contribution in [1.82, 2.24) is 9.80 Å². The number of likely N-dealkylation sites (N-methyl/N-ethyl adjacent to an activating group) is 1. The number of aliphatic hydroxyl groups is 2. The first-order valence-electron chi connectivity index (χ1n) is 6.42. The lowest BCUT2D eigenvalue weighted by Gasteiger charge is -2.30. The molecule has 1 saturated heterocycles. The average molecular weight is 246 g/mol. The first-order valence-corrected chi connectivity index (χ1v) is 6.42. The first-order chi connectivity index (χ1) is 8.08. The van der Waals surface area contributed by atoms with Gasteiger partial charge in [-0.05, 0) is 20.4 Å². The van der Waals surface area contributed by atoms with Crippen LogP contribution < -0.4 is 0 Å². The van der Waals surface area contributed by atoms with Gasteiger partial charge in [-0.1, -0.05) is 0 Å². The molecule has 2 unspecified atom stereocenters. The lowest BCUT2D eigenvalue weighted by Crippen LogP contribution is -2.44. The zero-order valence-electron chi connectivity index (χ0n) is 11.0. The van der Waals surface area contributed by atoms with E-state index in [1.165, 1.54) is 0 Å². The molecule has 2 atom stereocenters. The molecule has 1 heterocycles. The topological polar surface area (TPSA) is 56.2 Å². The summed E-state index contributed by atoms with van der Waals surface area (Å²) in [6.07, 6.45) is 0.154. The monoisotopic (exact) mass is 246 g/mol. The maximum atomic E-state index is 9.95. The lowest BCUT2D eigenvalue weighted by atomic mass is 10.2. The molecular weight excluding hydrogens is 220 g/mol. The van der Waals surface area contributed by atoms with Crippen LogP contribution in [0.4, 0.5) is 0 Å². The molecule has 0 bridgehead atoms. The highest BCUT2D eigenvalue weighted by atomic mass is 16.5. The molecule has 17 heavy (non-hydrogen) atoms. The lowest BCUT2D eigenvalue weighted by molar-refractivity contribution is 0.00800. The number of hydrogen-bond donors (Lipinski definition) is 2. The van der Waals surface area contributed by atoms with E-state index in [0.29, 0.717) is 13.1 Å². The van der Waals surface area contributed by atoms with E-state index in [1.54, 1.807) is 6.92 Å². The van der Waals surface area contributed by atoms with E-state index >= 15 is 0 Å². The van der Waals surface area contributed by atoms with Gasteiger partial charge in [0.05, 0.1) is 25.4 Å². The summed E-state index contributed by atoms with van der Waals surface area (Å²) in [7, 11) is 1.98. The predicted octanol–water partition coefficient (Wildman–Crippen LogP) is -0.618. The SMILES string of the molecule is CC(O)CCN(C)CC(O)CN1CCOCC1. The van der Waals surface area contributed by atoms with E-state index in [0.717, 1.165) is 39.3 Å². The Bertz CT molecular complexity index is 196. The third-order valence-corrected chi connectivity index (χ3v) is 3.02. The van der Waals surface area contributed by atoms with Crippen molar-refractivity contribution < 1.29 is 14.9 Å². The zero-order valence-corrected chi connectivity index (χ0v) is 11.0. The first kappa shape index (κ1) is 14.9. The minimum Gasteiger partial charge on any atom is -0.393 e. The fraction of sp³-hybridized carbons (Fsp3) is 1.00. The molecule has 2 N–H and O–H groups in total. The number of rotatable bonds is 7.